The van der Waals surface area contributed by atoms with Crippen LogP contribution >= 0.6 is 0 Å². The summed E-state index contributed by atoms with van der Waals surface area (Å²) in [5.41, 5.74) is 6.56. The molecule has 0 bridgehead atoms. The van der Waals surface area contributed by atoms with E-state index in [1.165, 1.54) is 23.8 Å². The minimum absolute atomic E-state index is 0.0221. The van der Waals surface area contributed by atoms with Gasteiger partial charge in [-0.05, 0) is 46.9 Å². The summed E-state index contributed by atoms with van der Waals surface area (Å²) in [5.74, 6) is -0.207. The molecule has 3 aromatic carbocycles. The molecule has 12 nitrogen and oxygen atoms in total. The predicted octanol–water partition coefficient (Wildman–Crippen LogP) is 4.40. The third kappa shape index (κ3) is 6.45. The van der Waals surface area contributed by atoms with Crippen molar-refractivity contribution in [1.29, 1.82) is 0 Å². The van der Waals surface area contributed by atoms with Gasteiger partial charge in [-0.1, -0.05) is 60.7 Å². The molecule has 1 aliphatic rings. The van der Waals surface area contributed by atoms with Crippen molar-refractivity contribution in [2.24, 2.45) is 0 Å². The minimum atomic E-state index is -0.620. The SMILES string of the molecule is CC(CO)O[C@H](CCO)n1cnc2c(NC(=O)c3ccc(CNC(=O)OCC4c5ccccc5-c5ccccc54)cc3)ncnc21. The van der Waals surface area contributed by atoms with Crippen LogP contribution < -0.4 is 10.6 Å². The molecule has 12 heteroatoms. The van der Waals surface area contributed by atoms with Crippen molar-refractivity contribution in [1.82, 2.24) is 24.8 Å². The number of anilines is 1. The number of nitrogens with zero attached hydrogens (tertiary/aromatic N) is 4. The summed E-state index contributed by atoms with van der Waals surface area (Å²) in [4.78, 5) is 38.5. The Bertz CT molecular complexity index is 1800. The number of carbonyl (C=O) groups excluding carboxylic acids is 2. The van der Waals surface area contributed by atoms with Crippen molar-refractivity contribution in [3.05, 3.63) is 108 Å². The molecule has 6 rings (SSSR count). The van der Waals surface area contributed by atoms with Gasteiger partial charge in [-0.2, -0.15) is 0 Å². The van der Waals surface area contributed by atoms with Crippen LogP contribution in [0.2, 0.25) is 0 Å². The van der Waals surface area contributed by atoms with Crippen molar-refractivity contribution in [3.8, 4) is 11.1 Å². The van der Waals surface area contributed by atoms with Crippen LogP contribution in [0.25, 0.3) is 22.3 Å². The number of hydrogen-bond acceptors (Lipinski definition) is 9. The average molecular weight is 623 g/mol. The Balaban J connectivity index is 1.05. The van der Waals surface area contributed by atoms with E-state index in [1.54, 1.807) is 35.8 Å². The number of hydrogen-bond donors (Lipinski definition) is 4. The molecule has 236 valence electrons. The Morgan fingerprint density at radius 1 is 0.935 bits per heavy atom. The average Bonchev–Trinajstić information content (AvgIpc) is 3.66. The van der Waals surface area contributed by atoms with Gasteiger partial charge >= 0.3 is 6.09 Å². The summed E-state index contributed by atoms with van der Waals surface area (Å²) in [6, 6.07) is 23.2. The van der Waals surface area contributed by atoms with Gasteiger partial charge in [-0.15, -0.1) is 0 Å². The van der Waals surface area contributed by atoms with Gasteiger partial charge in [0.15, 0.2) is 17.0 Å². The maximum Gasteiger partial charge on any atom is 0.407 e. The molecular weight excluding hydrogens is 588 g/mol. The number of benzene rings is 3. The number of ether oxygens (including phenoxy) is 2. The van der Waals surface area contributed by atoms with Crippen molar-refractivity contribution in [3.63, 3.8) is 0 Å². The van der Waals surface area contributed by atoms with Gasteiger partial charge in [0.2, 0.25) is 0 Å². The molecular formula is C34H34N6O6. The quantitative estimate of drug-likeness (QED) is 0.158. The Labute approximate surface area is 265 Å². The Morgan fingerprint density at radius 2 is 1.63 bits per heavy atom. The van der Waals surface area contributed by atoms with Crippen LogP contribution in [0.3, 0.4) is 0 Å². The second-order valence-electron chi connectivity index (χ2n) is 11.0. The highest BCUT2D eigenvalue weighted by molar-refractivity contribution is 6.06. The number of aliphatic hydroxyl groups is 2. The van der Waals surface area contributed by atoms with Gasteiger partial charge in [0.1, 0.15) is 19.2 Å². The van der Waals surface area contributed by atoms with E-state index >= 15 is 0 Å². The van der Waals surface area contributed by atoms with Crippen molar-refractivity contribution < 1.29 is 29.3 Å². The van der Waals surface area contributed by atoms with Crippen molar-refractivity contribution in [2.75, 3.05) is 25.1 Å². The molecule has 2 amide bonds. The highest BCUT2D eigenvalue weighted by atomic mass is 16.5. The summed E-state index contributed by atoms with van der Waals surface area (Å²) in [5, 5.41) is 24.5. The van der Waals surface area contributed by atoms with E-state index in [1.807, 2.05) is 24.3 Å². The summed E-state index contributed by atoms with van der Waals surface area (Å²) >= 11 is 0. The van der Waals surface area contributed by atoms with Crippen LogP contribution in [0.15, 0.2) is 85.5 Å². The largest absolute Gasteiger partial charge is 0.449 e. The van der Waals surface area contributed by atoms with Crippen LogP contribution in [0.5, 0.6) is 0 Å². The Kier molecular flexibility index (Phi) is 9.29. The molecule has 1 aliphatic carbocycles. The zero-order valence-corrected chi connectivity index (χ0v) is 25.2. The van der Waals surface area contributed by atoms with Crippen molar-refractivity contribution >= 4 is 29.0 Å². The van der Waals surface area contributed by atoms with Gasteiger partial charge in [-0.25, -0.2) is 19.7 Å². The van der Waals surface area contributed by atoms with Crippen molar-refractivity contribution in [2.45, 2.75) is 38.1 Å². The van der Waals surface area contributed by atoms with Gasteiger partial charge in [0, 0.05) is 31.1 Å². The number of alkyl carbamates (subject to hydrolysis) is 1. The van der Waals surface area contributed by atoms with Gasteiger partial charge < -0.3 is 30.3 Å². The second-order valence-corrected chi connectivity index (χ2v) is 11.0. The molecule has 2 aromatic heterocycles. The fourth-order valence-corrected chi connectivity index (χ4v) is 5.63. The molecule has 2 atom stereocenters. The fraction of sp³-hybridized carbons (Fsp3) is 0.265. The van der Waals surface area contributed by atoms with Crippen LogP contribution in [0, 0.1) is 0 Å². The highest BCUT2D eigenvalue weighted by Gasteiger charge is 2.29. The summed E-state index contributed by atoms with van der Waals surface area (Å²) in [7, 11) is 0. The van der Waals surface area contributed by atoms with Gasteiger partial charge in [0.05, 0.1) is 19.0 Å². The summed E-state index contributed by atoms with van der Waals surface area (Å²) in [6.07, 6.45) is 1.45. The molecule has 4 N–H and O–H groups in total. The van der Waals surface area contributed by atoms with E-state index < -0.39 is 24.3 Å². The molecule has 2 heterocycles. The highest BCUT2D eigenvalue weighted by Crippen LogP contribution is 2.44. The molecule has 0 spiro atoms. The fourth-order valence-electron chi connectivity index (χ4n) is 5.63. The van der Waals surface area contributed by atoms with E-state index in [0.29, 0.717) is 16.7 Å². The van der Waals surface area contributed by atoms with E-state index in [-0.39, 0.29) is 44.5 Å². The third-order valence-electron chi connectivity index (χ3n) is 7.92. The minimum Gasteiger partial charge on any atom is -0.449 e. The third-order valence-corrected chi connectivity index (χ3v) is 7.92. The summed E-state index contributed by atoms with van der Waals surface area (Å²) in [6.45, 7) is 1.84. The number of nitrogens with one attached hydrogen (secondary N) is 2. The van der Waals surface area contributed by atoms with Gasteiger partial charge in [0.25, 0.3) is 5.91 Å². The molecule has 0 fully saturated rings. The second kappa shape index (κ2) is 13.9. The van der Waals surface area contributed by atoms with E-state index in [9.17, 15) is 19.8 Å². The lowest BCUT2D eigenvalue weighted by Gasteiger charge is -2.22. The Hall–Kier alpha value is -5.17. The maximum atomic E-state index is 13.1. The number of aliphatic hydroxyl groups excluding tert-OH is 2. The zero-order valence-electron chi connectivity index (χ0n) is 25.2. The summed E-state index contributed by atoms with van der Waals surface area (Å²) < 4.78 is 13.1. The van der Waals surface area contributed by atoms with Crippen LogP contribution in [-0.2, 0) is 16.0 Å². The van der Waals surface area contributed by atoms with E-state index in [0.717, 1.165) is 16.7 Å². The normalized spacial score (nSPS) is 13.5. The maximum absolute atomic E-state index is 13.1. The van der Waals surface area contributed by atoms with Gasteiger partial charge in [-0.3, -0.25) is 9.36 Å². The first-order valence-electron chi connectivity index (χ1n) is 15.0. The lowest BCUT2D eigenvalue weighted by Crippen LogP contribution is -2.25. The van der Waals surface area contributed by atoms with Crippen LogP contribution in [0.4, 0.5) is 10.6 Å². The molecule has 0 radical (unpaired) electrons. The number of fused-ring (bicyclic) bond motifs is 4. The molecule has 0 aliphatic heterocycles. The van der Waals surface area contributed by atoms with Crippen LogP contribution in [0.1, 0.15) is 52.5 Å². The number of imidazole rings is 1. The molecule has 46 heavy (non-hydrogen) atoms. The number of carbonyl (C=O) groups is 2. The lowest BCUT2D eigenvalue weighted by molar-refractivity contribution is -0.0734. The van der Waals surface area contributed by atoms with Crippen LogP contribution in [-0.4, -0.2) is 67.7 Å². The lowest BCUT2D eigenvalue weighted by atomic mass is 9.98. The molecule has 5 aromatic rings. The smallest absolute Gasteiger partial charge is 0.407 e. The first-order valence-corrected chi connectivity index (χ1v) is 15.0. The standard InChI is InChI=1S/C34H34N6O6/c1-21(17-42)46-29(14-15-41)40-20-38-30-31(36-19-37-32(30)40)39-33(43)23-12-10-22(11-13-23)16-35-34(44)45-18-28-26-8-4-2-6-24(26)25-7-3-5-9-27(25)28/h2-13,19-21,28-29,41-42H,14-18H2,1H3,(H,35,44)(H,36,37,39,43)/t21?,29-/m1/s1. The first-order chi connectivity index (χ1) is 22.5. The first kappa shape index (κ1) is 30.8. The Morgan fingerprint density at radius 3 is 2.30 bits per heavy atom. The predicted molar refractivity (Wildman–Crippen MR) is 170 cm³/mol. The van der Waals surface area contributed by atoms with E-state index in [4.69, 9.17) is 9.47 Å². The molecule has 1 unspecified atom stereocenters. The molecule has 0 saturated heterocycles. The number of aromatic nitrogens is 4. The molecule has 0 saturated carbocycles. The monoisotopic (exact) mass is 622 g/mol. The zero-order chi connectivity index (χ0) is 32.0. The number of amides is 2. The topological polar surface area (TPSA) is 161 Å². The number of rotatable bonds is 12. The van der Waals surface area contributed by atoms with E-state index in [2.05, 4.69) is 49.9 Å².